The van der Waals surface area contributed by atoms with Crippen LogP contribution in [-0.2, 0) is 4.74 Å². The zero-order valence-electron chi connectivity index (χ0n) is 17.4. The van der Waals surface area contributed by atoms with Crippen molar-refractivity contribution in [1.82, 2.24) is 4.90 Å². The van der Waals surface area contributed by atoms with Crippen LogP contribution in [0.25, 0.3) is 0 Å². The molecule has 150 valence electrons. The number of nitrogens with zero attached hydrogens (tertiary/aromatic N) is 1. The van der Waals surface area contributed by atoms with E-state index >= 15 is 0 Å². The lowest BCUT2D eigenvalue weighted by atomic mass is 9.46. The lowest BCUT2D eigenvalue weighted by molar-refractivity contribution is -0.0579. The van der Waals surface area contributed by atoms with Crippen LogP contribution in [0.3, 0.4) is 0 Å². The van der Waals surface area contributed by atoms with Gasteiger partial charge < -0.3 is 14.7 Å². The second kappa shape index (κ2) is 6.35. The SMILES string of the molecule is C[C@@H]1C=C2C[C@H](O)CC[C@]2(C)[C@H]2CC[C@]3(C)C(N4CCOCC4)=CC[C@H]3[C@H]12. The molecular formula is C24H37NO2. The fourth-order valence-corrected chi connectivity index (χ4v) is 7.84. The van der Waals surface area contributed by atoms with Gasteiger partial charge in [0.2, 0.25) is 0 Å². The molecule has 1 aliphatic heterocycles. The van der Waals surface area contributed by atoms with Crippen molar-refractivity contribution in [3.8, 4) is 0 Å². The first-order valence-corrected chi connectivity index (χ1v) is 11.4. The molecule has 0 aromatic heterocycles. The standard InChI is InChI=1S/C24H37NO2/c1-16-14-17-15-18(26)6-8-23(17,2)20-7-9-24(3)19(22(16)20)4-5-21(24)25-10-12-27-13-11-25/h5,14,16,18-20,22,26H,4,6-13,15H2,1-3H3/t16-,18-,19+,20+,22+,23+,24+/m1/s1. The van der Waals surface area contributed by atoms with Crippen molar-refractivity contribution < 1.29 is 9.84 Å². The Morgan fingerprint density at radius 1 is 1.07 bits per heavy atom. The summed E-state index contributed by atoms with van der Waals surface area (Å²) in [6.45, 7) is 11.5. The largest absolute Gasteiger partial charge is 0.393 e. The molecule has 0 aromatic rings. The maximum absolute atomic E-state index is 10.3. The van der Waals surface area contributed by atoms with Crippen molar-refractivity contribution >= 4 is 0 Å². The van der Waals surface area contributed by atoms with Crippen LogP contribution in [0.2, 0.25) is 0 Å². The smallest absolute Gasteiger partial charge is 0.0642 e. The normalized spacial score (nSPS) is 49.6. The van der Waals surface area contributed by atoms with Gasteiger partial charge >= 0.3 is 0 Å². The number of aliphatic hydroxyl groups excluding tert-OH is 1. The second-order valence-corrected chi connectivity index (χ2v) is 10.5. The van der Waals surface area contributed by atoms with Gasteiger partial charge in [0.15, 0.2) is 0 Å². The van der Waals surface area contributed by atoms with Crippen LogP contribution in [-0.4, -0.2) is 42.4 Å². The van der Waals surface area contributed by atoms with E-state index in [1.165, 1.54) is 25.7 Å². The summed E-state index contributed by atoms with van der Waals surface area (Å²) in [5.74, 6) is 3.02. The number of fused-ring (bicyclic) bond motifs is 5. The molecule has 1 saturated heterocycles. The fraction of sp³-hybridized carbons (Fsp3) is 0.833. The van der Waals surface area contributed by atoms with E-state index in [9.17, 15) is 5.11 Å². The van der Waals surface area contributed by atoms with Gasteiger partial charge in [-0.2, -0.15) is 0 Å². The van der Waals surface area contributed by atoms with Crippen LogP contribution in [0, 0.1) is 34.5 Å². The number of allylic oxidation sites excluding steroid dienone is 3. The lowest BCUT2D eigenvalue weighted by Gasteiger charge is -2.60. The van der Waals surface area contributed by atoms with E-state index in [2.05, 4.69) is 37.8 Å². The molecular weight excluding hydrogens is 334 g/mol. The molecule has 0 radical (unpaired) electrons. The van der Waals surface area contributed by atoms with Gasteiger partial charge in [0, 0.05) is 24.2 Å². The van der Waals surface area contributed by atoms with Crippen molar-refractivity contribution in [2.24, 2.45) is 34.5 Å². The predicted octanol–water partition coefficient (Wildman–Crippen LogP) is 4.38. The molecule has 1 N–H and O–H groups in total. The number of ether oxygens (including phenoxy) is 1. The minimum absolute atomic E-state index is 0.108. The van der Waals surface area contributed by atoms with Gasteiger partial charge in [-0.1, -0.05) is 38.5 Å². The highest BCUT2D eigenvalue weighted by Gasteiger charge is 2.58. The van der Waals surface area contributed by atoms with E-state index in [4.69, 9.17) is 4.74 Å². The zero-order chi connectivity index (χ0) is 18.8. The van der Waals surface area contributed by atoms with E-state index in [0.29, 0.717) is 16.7 Å². The molecule has 3 nitrogen and oxygen atoms in total. The Balaban J connectivity index is 1.46. The van der Waals surface area contributed by atoms with Gasteiger partial charge in [0.25, 0.3) is 0 Å². The summed E-state index contributed by atoms with van der Waals surface area (Å²) in [4.78, 5) is 2.64. The third-order valence-electron chi connectivity index (χ3n) is 9.30. The summed E-state index contributed by atoms with van der Waals surface area (Å²) < 4.78 is 5.62. The van der Waals surface area contributed by atoms with Gasteiger partial charge in [-0.05, 0) is 67.6 Å². The minimum Gasteiger partial charge on any atom is -0.393 e. The summed E-state index contributed by atoms with van der Waals surface area (Å²) in [6.07, 6.45) is 12.1. The molecule has 0 bridgehead atoms. The first-order valence-electron chi connectivity index (χ1n) is 11.4. The van der Waals surface area contributed by atoms with Crippen LogP contribution < -0.4 is 0 Å². The third kappa shape index (κ3) is 2.60. The van der Waals surface area contributed by atoms with E-state index in [0.717, 1.165) is 56.9 Å². The summed E-state index contributed by atoms with van der Waals surface area (Å²) in [6, 6.07) is 0. The van der Waals surface area contributed by atoms with Crippen molar-refractivity contribution in [2.45, 2.75) is 65.4 Å². The van der Waals surface area contributed by atoms with Gasteiger partial charge in [-0.15, -0.1) is 0 Å². The summed E-state index contributed by atoms with van der Waals surface area (Å²) in [5.41, 5.74) is 3.90. The number of hydrogen-bond donors (Lipinski definition) is 1. The summed E-state index contributed by atoms with van der Waals surface area (Å²) in [7, 11) is 0. The van der Waals surface area contributed by atoms with Crippen LogP contribution in [0.1, 0.15) is 59.3 Å². The molecule has 0 spiro atoms. The molecule has 0 amide bonds. The Kier molecular flexibility index (Phi) is 4.29. The molecule has 2 saturated carbocycles. The Labute approximate surface area is 164 Å². The van der Waals surface area contributed by atoms with Gasteiger partial charge in [-0.25, -0.2) is 0 Å². The van der Waals surface area contributed by atoms with E-state index in [-0.39, 0.29) is 6.10 Å². The number of morpholine rings is 1. The quantitative estimate of drug-likeness (QED) is 0.694. The van der Waals surface area contributed by atoms with E-state index < -0.39 is 0 Å². The maximum atomic E-state index is 10.3. The zero-order valence-corrected chi connectivity index (χ0v) is 17.4. The van der Waals surface area contributed by atoms with E-state index in [1.807, 2.05) is 0 Å². The van der Waals surface area contributed by atoms with Gasteiger partial charge in [0.1, 0.15) is 0 Å². The first-order chi connectivity index (χ1) is 12.9. The molecule has 5 rings (SSSR count). The van der Waals surface area contributed by atoms with Crippen molar-refractivity contribution in [2.75, 3.05) is 26.3 Å². The first kappa shape index (κ1) is 18.2. The lowest BCUT2D eigenvalue weighted by Crippen LogP contribution is -2.53. The van der Waals surface area contributed by atoms with Crippen molar-refractivity contribution in [3.63, 3.8) is 0 Å². The van der Waals surface area contributed by atoms with Gasteiger partial charge in [0.05, 0.1) is 19.3 Å². The topological polar surface area (TPSA) is 32.7 Å². The van der Waals surface area contributed by atoms with Crippen molar-refractivity contribution in [3.05, 3.63) is 23.4 Å². The molecule has 0 unspecified atom stereocenters. The highest BCUT2D eigenvalue weighted by atomic mass is 16.5. The molecule has 4 aliphatic carbocycles. The highest BCUT2D eigenvalue weighted by molar-refractivity contribution is 5.31. The fourth-order valence-electron chi connectivity index (χ4n) is 7.84. The summed E-state index contributed by atoms with van der Waals surface area (Å²) in [5, 5.41) is 10.3. The van der Waals surface area contributed by atoms with Crippen LogP contribution in [0.5, 0.6) is 0 Å². The van der Waals surface area contributed by atoms with Crippen LogP contribution in [0.15, 0.2) is 23.4 Å². The Morgan fingerprint density at radius 2 is 1.81 bits per heavy atom. The average Bonchev–Trinajstić information content (AvgIpc) is 3.01. The van der Waals surface area contributed by atoms with Crippen LogP contribution >= 0.6 is 0 Å². The average molecular weight is 372 g/mol. The van der Waals surface area contributed by atoms with Crippen LogP contribution in [0.4, 0.5) is 0 Å². The number of aliphatic hydroxyl groups is 1. The minimum atomic E-state index is -0.108. The third-order valence-corrected chi connectivity index (χ3v) is 9.30. The van der Waals surface area contributed by atoms with Gasteiger partial charge in [-0.3, -0.25) is 0 Å². The molecule has 1 heterocycles. The molecule has 0 aromatic carbocycles. The molecule has 7 atom stereocenters. The molecule has 3 fully saturated rings. The predicted molar refractivity (Wildman–Crippen MR) is 108 cm³/mol. The number of hydrogen-bond acceptors (Lipinski definition) is 3. The maximum Gasteiger partial charge on any atom is 0.0642 e. The Morgan fingerprint density at radius 3 is 2.59 bits per heavy atom. The van der Waals surface area contributed by atoms with E-state index in [1.54, 1.807) is 11.3 Å². The molecule has 3 heteroatoms. The number of rotatable bonds is 1. The Bertz CT molecular complexity index is 663. The molecule has 27 heavy (non-hydrogen) atoms. The Hall–Kier alpha value is -0.800. The summed E-state index contributed by atoms with van der Waals surface area (Å²) >= 11 is 0. The monoisotopic (exact) mass is 371 g/mol. The molecule has 5 aliphatic rings. The van der Waals surface area contributed by atoms with Crippen molar-refractivity contribution in [1.29, 1.82) is 0 Å². The second-order valence-electron chi connectivity index (χ2n) is 10.5. The highest BCUT2D eigenvalue weighted by Crippen LogP contribution is 2.66.